The summed E-state index contributed by atoms with van der Waals surface area (Å²) in [5.74, 6) is 1.25. The van der Waals surface area contributed by atoms with Gasteiger partial charge in [-0.2, -0.15) is 0 Å². The van der Waals surface area contributed by atoms with E-state index in [2.05, 4.69) is 46.4 Å². The van der Waals surface area contributed by atoms with Crippen molar-refractivity contribution < 1.29 is 0 Å². The highest BCUT2D eigenvalue weighted by Crippen LogP contribution is 2.47. The zero-order valence-corrected chi connectivity index (χ0v) is 12.5. The number of benzene rings is 1. The van der Waals surface area contributed by atoms with Crippen molar-refractivity contribution in [1.29, 1.82) is 0 Å². The lowest BCUT2D eigenvalue weighted by Gasteiger charge is -2.14. The second-order valence-corrected chi connectivity index (χ2v) is 6.48. The van der Waals surface area contributed by atoms with Crippen molar-refractivity contribution in [3.8, 4) is 11.3 Å². The van der Waals surface area contributed by atoms with Gasteiger partial charge in [0, 0.05) is 28.8 Å². The van der Waals surface area contributed by atoms with Crippen molar-refractivity contribution >= 4 is 11.3 Å². The Morgan fingerprint density at radius 1 is 1.00 bits per heavy atom. The normalized spacial score (nSPS) is 15.8. The molecule has 21 heavy (non-hydrogen) atoms. The van der Waals surface area contributed by atoms with E-state index in [0.717, 1.165) is 11.6 Å². The zero-order valence-electron chi connectivity index (χ0n) is 11.6. The summed E-state index contributed by atoms with van der Waals surface area (Å²) >= 11 is 1.76. The Labute approximate surface area is 128 Å². The number of thiazole rings is 1. The molecule has 1 aromatic carbocycles. The molecule has 0 saturated heterocycles. The van der Waals surface area contributed by atoms with Crippen molar-refractivity contribution in [3.63, 3.8) is 0 Å². The van der Waals surface area contributed by atoms with E-state index in [0.29, 0.717) is 5.92 Å². The van der Waals surface area contributed by atoms with Gasteiger partial charge >= 0.3 is 0 Å². The molecule has 0 bridgehead atoms. The second kappa shape index (κ2) is 5.41. The maximum atomic E-state index is 4.67. The molecule has 1 saturated carbocycles. The molecule has 1 fully saturated rings. The van der Waals surface area contributed by atoms with E-state index in [4.69, 9.17) is 0 Å². The van der Waals surface area contributed by atoms with Crippen molar-refractivity contribution in [1.82, 2.24) is 9.97 Å². The van der Waals surface area contributed by atoms with E-state index < -0.39 is 0 Å². The highest BCUT2D eigenvalue weighted by atomic mass is 32.1. The first-order chi connectivity index (χ1) is 10.4. The van der Waals surface area contributed by atoms with E-state index in [1.807, 2.05) is 24.0 Å². The van der Waals surface area contributed by atoms with Crippen LogP contribution in [0.3, 0.4) is 0 Å². The molecule has 1 aliphatic rings. The molecule has 0 spiro atoms. The highest BCUT2D eigenvalue weighted by Gasteiger charge is 2.34. The van der Waals surface area contributed by atoms with Crippen molar-refractivity contribution in [2.24, 2.45) is 5.92 Å². The van der Waals surface area contributed by atoms with Crippen LogP contribution < -0.4 is 0 Å². The summed E-state index contributed by atoms with van der Waals surface area (Å²) in [6.45, 7) is 0. The predicted octanol–water partition coefficient (Wildman–Crippen LogP) is 4.75. The monoisotopic (exact) mass is 292 g/mol. The minimum Gasteiger partial charge on any atom is -0.256 e. The Kier molecular flexibility index (Phi) is 3.28. The minimum atomic E-state index is 0.481. The molecule has 0 radical (unpaired) electrons. The molecule has 2 nitrogen and oxygen atoms in total. The second-order valence-electron chi connectivity index (χ2n) is 5.56. The van der Waals surface area contributed by atoms with Gasteiger partial charge in [-0.3, -0.25) is 9.97 Å². The van der Waals surface area contributed by atoms with Gasteiger partial charge in [-0.25, -0.2) is 0 Å². The third kappa shape index (κ3) is 2.61. The lowest BCUT2D eigenvalue weighted by Crippen LogP contribution is -2.02. The molecule has 1 unspecified atom stereocenters. The summed E-state index contributed by atoms with van der Waals surface area (Å²) in [5, 5.41) is 0. The first-order valence-electron chi connectivity index (χ1n) is 7.31. The maximum Gasteiger partial charge on any atom is 0.0794 e. The number of rotatable bonds is 4. The zero-order chi connectivity index (χ0) is 14.1. The van der Waals surface area contributed by atoms with E-state index in [1.165, 1.54) is 28.8 Å². The molecular weight excluding hydrogens is 276 g/mol. The maximum absolute atomic E-state index is 4.67. The highest BCUT2D eigenvalue weighted by molar-refractivity contribution is 7.09. The molecule has 1 aliphatic carbocycles. The Hall–Kier alpha value is -2.00. The van der Waals surface area contributed by atoms with Gasteiger partial charge in [0.2, 0.25) is 0 Å². The van der Waals surface area contributed by atoms with Gasteiger partial charge < -0.3 is 0 Å². The van der Waals surface area contributed by atoms with Gasteiger partial charge in [0.15, 0.2) is 0 Å². The van der Waals surface area contributed by atoms with Crippen LogP contribution in [0.25, 0.3) is 11.3 Å². The largest absolute Gasteiger partial charge is 0.256 e. The number of pyridine rings is 1. The third-order valence-electron chi connectivity index (χ3n) is 4.07. The molecule has 3 heteroatoms. The Bertz CT molecular complexity index is 701. The summed E-state index contributed by atoms with van der Waals surface area (Å²) in [5.41, 5.74) is 5.46. The molecule has 2 aromatic heterocycles. The van der Waals surface area contributed by atoms with Crippen LogP contribution in [-0.2, 0) is 0 Å². The fourth-order valence-electron chi connectivity index (χ4n) is 2.85. The van der Waals surface area contributed by atoms with E-state index in [9.17, 15) is 0 Å². The molecular formula is C18H16N2S. The molecule has 1 atom stereocenters. The van der Waals surface area contributed by atoms with Gasteiger partial charge in [-0.1, -0.05) is 36.4 Å². The summed E-state index contributed by atoms with van der Waals surface area (Å²) in [7, 11) is 0. The lowest BCUT2D eigenvalue weighted by atomic mass is 9.94. The minimum absolute atomic E-state index is 0.481. The van der Waals surface area contributed by atoms with Crippen LogP contribution >= 0.6 is 11.3 Å². The quantitative estimate of drug-likeness (QED) is 0.693. The Morgan fingerprint density at radius 3 is 2.48 bits per heavy atom. The van der Waals surface area contributed by atoms with Crippen LogP contribution in [0.1, 0.15) is 29.2 Å². The van der Waals surface area contributed by atoms with Crippen LogP contribution in [0, 0.1) is 5.92 Å². The van der Waals surface area contributed by atoms with Gasteiger partial charge in [0.1, 0.15) is 0 Å². The molecule has 3 aromatic rings. The molecule has 4 rings (SSSR count). The van der Waals surface area contributed by atoms with E-state index in [-0.39, 0.29) is 0 Å². The van der Waals surface area contributed by atoms with Gasteiger partial charge in [-0.15, -0.1) is 11.3 Å². The topological polar surface area (TPSA) is 25.8 Å². The third-order valence-corrected chi connectivity index (χ3v) is 4.93. The van der Waals surface area contributed by atoms with E-state index in [1.54, 1.807) is 11.3 Å². The summed E-state index contributed by atoms with van der Waals surface area (Å²) in [4.78, 5) is 10.3. The fraction of sp³-hybridized carbons (Fsp3) is 0.222. The van der Waals surface area contributed by atoms with Gasteiger partial charge in [0.05, 0.1) is 11.2 Å². The van der Waals surface area contributed by atoms with Crippen LogP contribution in [0.15, 0.2) is 60.4 Å². The molecule has 104 valence electrons. The predicted molar refractivity (Wildman–Crippen MR) is 86.4 cm³/mol. The standard InChI is InChI=1S/C18H16N2S/c1-2-4-13(5-3-1)16-9-8-15(10-20-16)18(14-6-7-14)17-11-19-12-21-17/h1-5,8-12,14,18H,6-7H2. The first kappa shape index (κ1) is 12.7. The molecule has 2 heterocycles. The van der Waals surface area contributed by atoms with Gasteiger partial charge in [-0.05, 0) is 30.4 Å². The number of hydrogen-bond acceptors (Lipinski definition) is 3. The smallest absolute Gasteiger partial charge is 0.0794 e. The first-order valence-corrected chi connectivity index (χ1v) is 8.19. The number of aromatic nitrogens is 2. The van der Waals surface area contributed by atoms with Gasteiger partial charge in [0.25, 0.3) is 0 Å². The lowest BCUT2D eigenvalue weighted by molar-refractivity contribution is 0.711. The summed E-state index contributed by atoms with van der Waals surface area (Å²) in [6.07, 6.45) is 6.70. The molecule has 0 N–H and O–H groups in total. The summed E-state index contributed by atoms with van der Waals surface area (Å²) < 4.78 is 0. The van der Waals surface area contributed by atoms with Crippen LogP contribution in [0.5, 0.6) is 0 Å². The van der Waals surface area contributed by atoms with Crippen LogP contribution in [-0.4, -0.2) is 9.97 Å². The summed E-state index contributed by atoms with van der Waals surface area (Å²) in [6, 6.07) is 14.7. The number of nitrogens with zero attached hydrogens (tertiary/aromatic N) is 2. The fourth-order valence-corrected chi connectivity index (χ4v) is 3.69. The molecule has 0 amide bonds. The van der Waals surface area contributed by atoms with Crippen molar-refractivity contribution in [2.75, 3.05) is 0 Å². The van der Waals surface area contributed by atoms with Crippen molar-refractivity contribution in [3.05, 3.63) is 70.8 Å². The number of hydrogen-bond donors (Lipinski definition) is 0. The Balaban J connectivity index is 1.66. The average Bonchev–Trinajstić information content (AvgIpc) is 3.23. The average molecular weight is 292 g/mol. The van der Waals surface area contributed by atoms with Crippen molar-refractivity contribution in [2.45, 2.75) is 18.8 Å². The molecule has 0 aliphatic heterocycles. The SMILES string of the molecule is c1ccc(-c2ccc(C(c3cncs3)C3CC3)cn2)cc1. The van der Waals surface area contributed by atoms with E-state index >= 15 is 0 Å². The van der Waals surface area contributed by atoms with Crippen LogP contribution in [0.2, 0.25) is 0 Å². The Morgan fingerprint density at radius 2 is 1.86 bits per heavy atom. The van der Waals surface area contributed by atoms with Crippen LogP contribution in [0.4, 0.5) is 0 Å².